The average Bonchev–Trinajstić information content (AvgIpc) is 2.44. The van der Waals surface area contributed by atoms with Crippen LogP contribution in [0.2, 0.25) is 0 Å². The van der Waals surface area contributed by atoms with E-state index < -0.39 is 0 Å². The van der Waals surface area contributed by atoms with Crippen molar-refractivity contribution >= 4 is 11.8 Å². The average molecular weight is 286 g/mol. The number of benzene rings is 1. The second-order valence-electron chi connectivity index (χ2n) is 5.72. The summed E-state index contributed by atoms with van der Waals surface area (Å²) in [6.45, 7) is 10.0. The number of nitrogens with one attached hydrogen (secondary N) is 2. The van der Waals surface area contributed by atoms with Crippen molar-refractivity contribution in [2.45, 2.75) is 26.2 Å². The van der Waals surface area contributed by atoms with Gasteiger partial charge in [-0.25, -0.2) is 0 Å². The lowest BCUT2D eigenvalue weighted by atomic mass is 9.87. The molecule has 4 heteroatoms. The highest BCUT2D eigenvalue weighted by Crippen LogP contribution is 2.22. The Balaban J connectivity index is 2.52. The Morgan fingerprint density at radius 1 is 1.19 bits per heavy atom. The van der Waals surface area contributed by atoms with Crippen molar-refractivity contribution in [2.24, 2.45) is 0 Å². The lowest BCUT2D eigenvalue weighted by Gasteiger charge is -2.19. The number of amides is 2. The zero-order valence-corrected chi connectivity index (χ0v) is 12.8. The molecule has 112 valence electrons. The van der Waals surface area contributed by atoms with Crippen molar-refractivity contribution in [3.05, 3.63) is 53.8 Å². The zero-order chi connectivity index (χ0) is 15.9. The fourth-order valence-electron chi connectivity index (χ4n) is 1.68. The van der Waals surface area contributed by atoms with Crippen LogP contribution in [0.1, 0.15) is 36.7 Å². The highest BCUT2D eigenvalue weighted by molar-refractivity contribution is 5.96. The van der Waals surface area contributed by atoms with Gasteiger partial charge in [-0.2, -0.15) is 0 Å². The minimum absolute atomic E-state index is 0.0492. The molecule has 0 saturated carbocycles. The van der Waals surface area contributed by atoms with E-state index in [1.54, 1.807) is 18.2 Å². The predicted molar refractivity (Wildman–Crippen MR) is 84.2 cm³/mol. The molecule has 0 spiro atoms. The van der Waals surface area contributed by atoms with Crippen molar-refractivity contribution in [1.82, 2.24) is 10.6 Å². The third-order valence-corrected chi connectivity index (χ3v) is 2.97. The Labute approximate surface area is 125 Å². The fraction of sp³-hybridized carbons (Fsp3) is 0.353. The molecule has 0 aliphatic rings. The van der Waals surface area contributed by atoms with Crippen LogP contribution in [0.25, 0.3) is 0 Å². The summed E-state index contributed by atoms with van der Waals surface area (Å²) >= 11 is 0. The van der Waals surface area contributed by atoms with E-state index in [0.29, 0.717) is 12.1 Å². The van der Waals surface area contributed by atoms with Gasteiger partial charge in [0, 0.05) is 12.1 Å². The molecule has 2 N–H and O–H groups in total. The zero-order valence-electron chi connectivity index (χ0n) is 12.8. The number of carbonyl (C=O) groups is 2. The van der Waals surface area contributed by atoms with Crippen molar-refractivity contribution in [1.29, 1.82) is 0 Å². The highest BCUT2D eigenvalue weighted by Gasteiger charge is 2.14. The maximum Gasteiger partial charge on any atom is 0.251 e. The van der Waals surface area contributed by atoms with Gasteiger partial charge in [-0.3, -0.25) is 9.59 Å². The minimum Gasteiger partial charge on any atom is -0.350 e. The van der Waals surface area contributed by atoms with Crippen LogP contribution in [0, 0.1) is 0 Å². The quantitative estimate of drug-likeness (QED) is 0.815. The molecule has 4 nitrogen and oxygen atoms in total. The molecule has 0 aromatic heterocycles. The Bertz CT molecular complexity index is 547. The first-order chi connectivity index (χ1) is 9.84. The van der Waals surface area contributed by atoms with Gasteiger partial charge < -0.3 is 10.6 Å². The van der Waals surface area contributed by atoms with Gasteiger partial charge in [0.2, 0.25) is 5.91 Å². The third-order valence-electron chi connectivity index (χ3n) is 2.97. The van der Waals surface area contributed by atoms with Crippen molar-refractivity contribution in [3.63, 3.8) is 0 Å². The molecular formula is C17H22N2O2. The monoisotopic (exact) mass is 286 g/mol. The SMILES string of the molecule is C=C=CCNC(=O)CNC(=O)c1ccc(C(C)(C)C)cc1. The molecule has 0 aliphatic carbocycles. The number of hydrogen-bond donors (Lipinski definition) is 2. The van der Waals surface area contributed by atoms with Crippen LogP contribution in [-0.4, -0.2) is 24.9 Å². The largest absolute Gasteiger partial charge is 0.350 e. The predicted octanol–water partition coefficient (Wildman–Crippen LogP) is 2.17. The van der Waals surface area contributed by atoms with Gasteiger partial charge in [-0.15, -0.1) is 5.73 Å². The van der Waals surface area contributed by atoms with E-state index in [9.17, 15) is 9.59 Å². The van der Waals surface area contributed by atoms with E-state index in [2.05, 4.69) is 43.7 Å². The molecular weight excluding hydrogens is 264 g/mol. The molecule has 2 amide bonds. The first kappa shape index (κ1) is 16.7. The van der Waals surface area contributed by atoms with Crippen LogP contribution in [0.3, 0.4) is 0 Å². The second-order valence-corrected chi connectivity index (χ2v) is 5.72. The first-order valence-electron chi connectivity index (χ1n) is 6.84. The molecule has 0 saturated heterocycles. The molecule has 0 radical (unpaired) electrons. The second kappa shape index (κ2) is 7.46. The smallest absolute Gasteiger partial charge is 0.251 e. The van der Waals surface area contributed by atoms with Crippen molar-refractivity contribution in [3.8, 4) is 0 Å². The van der Waals surface area contributed by atoms with Gasteiger partial charge in [-0.05, 0) is 29.2 Å². The Morgan fingerprint density at radius 2 is 1.81 bits per heavy atom. The Hall–Kier alpha value is -2.32. The van der Waals surface area contributed by atoms with E-state index in [1.807, 2.05) is 12.1 Å². The molecule has 1 rings (SSSR count). The lowest BCUT2D eigenvalue weighted by molar-refractivity contribution is -0.119. The fourth-order valence-corrected chi connectivity index (χ4v) is 1.68. The summed E-state index contributed by atoms with van der Waals surface area (Å²) in [5.41, 5.74) is 4.31. The molecule has 1 aromatic rings. The van der Waals surface area contributed by atoms with Crippen molar-refractivity contribution in [2.75, 3.05) is 13.1 Å². The van der Waals surface area contributed by atoms with E-state index in [4.69, 9.17) is 0 Å². The maximum absolute atomic E-state index is 11.9. The van der Waals surface area contributed by atoms with E-state index in [1.165, 1.54) is 0 Å². The van der Waals surface area contributed by atoms with Crippen LogP contribution in [0.5, 0.6) is 0 Å². The van der Waals surface area contributed by atoms with Gasteiger partial charge in [0.25, 0.3) is 5.91 Å². The summed E-state index contributed by atoms with van der Waals surface area (Å²) in [5.74, 6) is -0.508. The Morgan fingerprint density at radius 3 is 2.33 bits per heavy atom. The van der Waals surface area contributed by atoms with E-state index in [0.717, 1.165) is 5.56 Å². The number of rotatable bonds is 5. The molecule has 0 heterocycles. The van der Waals surface area contributed by atoms with Crippen LogP contribution < -0.4 is 10.6 Å². The Kier molecular flexibility index (Phi) is 5.94. The van der Waals surface area contributed by atoms with Crippen LogP contribution >= 0.6 is 0 Å². The molecule has 0 unspecified atom stereocenters. The van der Waals surface area contributed by atoms with Crippen LogP contribution in [0.15, 0.2) is 42.7 Å². The van der Waals surface area contributed by atoms with Gasteiger partial charge >= 0.3 is 0 Å². The van der Waals surface area contributed by atoms with Gasteiger partial charge in [0.15, 0.2) is 0 Å². The summed E-state index contributed by atoms with van der Waals surface area (Å²) in [6, 6.07) is 7.41. The number of hydrogen-bond acceptors (Lipinski definition) is 2. The molecule has 0 atom stereocenters. The summed E-state index contributed by atoms with van der Waals surface area (Å²) in [4.78, 5) is 23.4. The normalized spacial score (nSPS) is 10.4. The first-order valence-corrected chi connectivity index (χ1v) is 6.84. The maximum atomic E-state index is 11.9. The summed E-state index contributed by atoms with van der Waals surface area (Å²) < 4.78 is 0. The van der Waals surface area contributed by atoms with E-state index >= 15 is 0 Å². The van der Waals surface area contributed by atoms with Gasteiger partial charge in [-0.1, -0.05) is 39.5 Å². The standard InChI is InChI=1S/C17H22N2O2/c1-5-6-11-18-15(20)12-19-16(21)13-7-9-14(10-8-13)17(2,3)4/h6-10H,1,11-12H2,2-4H3,(H,18,20)(H,19,21). The summed E-state index contributed by atoms with van der Waals surface area (Å²) in [7, 11) is 0. The van der Waals surface area contributed by atoms with Crippen LogP contribution in [0.4, 0.5) is 0 Å². The topological polar surface area (TPSA) is 58.2 Å². The van der Waals surface area contributed by atoms with Crippen LogP contribution in [-0.2, 0) is 10.2 Å². The summed E-state index contributed by atoms with van der Waals surface area (Å²) in [6.07, 6.45) is 1.60. The minimum atomic E-state index is -0.259. The van der Waals surface area contributed by atoms with Gasteiger partial charge in [0.05, 0.1) is 6.54 Å². The molecule has 1 aromatic carbocycles. The van der Waals surface area contributed by atoms with Gasteiger partial charge in [0.1, 0.15) is 0 Å². The molecule has 21 heavy (non-hydrogen) atoms. The molecule has 0 aliphatic heterocycles. The third kappa shape index (κ3) is 5.67. The highest BCUT2D eigenvalue weighted by atomic mass is 16.2. The van der Waals surface area contributed by atoms with Crippen molar-refractivity contribution < 1.29 is 9.59 Å². The molecule has 0 bridgehead atoms. The summed E-state index contributed by atoms with van der Waals surface area (Å²) in [5, 5.41) is 5.19. The number of carbonyl (C=O) groups excluding carboxylic acids is 2. The van der Waals surface area contributed by atoms with E-state index in [-0.39, 0.29) is 23.8 Å². The lowest BCUT2D eigenvalue weighted by Crippen LogP contribution is -2.36. The molecule has 0 fully saturated rings.